The summed E-state index contributed by atoms with van der Waals surface area (Å²) < 4.78 is 49.3. The molecule has 1 unspecified atom stereocenters. The zero-order chi connectivity index (χ0) is 34.2. The Labute approximate surface area is 283 Å². The number of rotatable bonds is 10. The molecule has 1 amide bonds. The molecule has 3 fully saturated rings. The van der Waals surface area contributed by atoms with Crippen LogP contribution in [0.15, 0.2) is 42.6 Å². The summed E-state index contributed by atoms with van der Waals surface area (Å²) in [4.78, 5) is 43.2. The molecule has 48 heavy (non-hydrogen) atoms. The highest BCUT2D eigenvalue weighted by atomic mass is 35.5. The Bertz CT molecular complexity index is 1820. The highest BCUT2D eigenvalue weighted by molar-refractivity contribution is 7.91. The smallest absolute Gasteiger partial charge is 0.306 e. The topological polar surface area (TPSA) is 138 Å². The van der Waals surface area contributed by atoms with Crippen LogP contribution >= 0.6 is 11.6 Å². The molecule has 3 aliphatic rings. The van der Waals surface area contributed by atoms with Gasteiger partial charge < -0.3 is 19.7 Å². The van der Waals surface area contributed by atoms with Crippen molar-refractivity contribution in [2.24, 2.45) is 13.0 Å². The number of para-hydroxylation sites is 1. The van der Waals surface area contributed by atoms with Crippen LogP contribution < -0.4 is 5.32 Å². The molecule has 258 valence electrons. The van der Waals surface area contributed by atoms with Crippen molar-refractivity contribution >= 4 is 55.7 Å². The van der Waals surface area contributed by atoms with E-state index < -0.39 is 57.6 Å². The summed E-state index contributed by atoms with van der Waals surface area (Å²) in [6.07, 6.45) is 4.12. The Morgan fingerprint density at radius 1 is 1.02 bits per heavy atom. The van der Waals surface area contributed by atoms with Crippen molar-refractivity contribution in [3.05, 3.63) is 64.6 Å². The molecular weight excluding hydrogens is 663 g/mol. The number of ether oxygens (including phenoxy) is 1. The van der Waals surface area contributed by atoms with Gasteiger partial charge >= 0.3 is 5.97 Å². The number of benzene rings is 2. The van der Waals surface area contributed by atoms with Crippen LogP contribution in [0.25, 0.3) is 10.9 Å². The van der Waals surface area contributed by atoms with Gasteiger partial charge in [0.15, 0.2) is 15.6 Å². The van der Waals surface area contributed by atoms with Crippen molar-refractivity contribution in [1.29, 1.82) is 0 Å². The minimum Gasteiger partial charge on any atom is -0.481 e. The summed E-state index contributed by atoms with van der Waals surface area (Å²) in [7, 11) is -1.47. The average molecular weight is 703 g/mol. The van der Waals surface area contributed by atoms with Crippen LogP contribution in [-0.2, 0) is 37.6 Å². The maximum atomic E-state index is 15.8. The number of halogens is 2. The molecule has 0 spiro atoms. The van der Waals surface area contributed by atoms with E-state index >= 15 is 4.39 Å². The molecule has 1 saturated carbocycles. The number of carbonyl (C=O) groups excluding carboxylic acids is 2. The maximum Gasteiger partial charge on any atom is 0.306 e. The van der Waals surface area contributed by atoms with Gasteiger partial charge in [-0.15, -0.1) is 0 Å². The van der Waals surface area contributed by atoms with Crippen LogP contribution in [0.4, 0.5) is 10.1 Å². The van der Waals surface area contributed by atoms with Gasteiger partial charge in [-0.2, -0.15) is 0 Å². The molecule has 2 saturated heterocycles. The molecule has 2 aromatic carbocycles. The summed E-state index contributed by atoms with van der Waals surface area (Å²) >= 11 is 6.59. The summed E-state index contributed by atoms with van der Waals surface area (Å²) in [5.74, 6) is -4.94. The van der Waals surface area contributed by atoms with E-state index in [1.807, 2.05) is 40.8 Å². The molecule has 1 aliphatic carbocycles. The lowest BCUT2D eigenvalue weighted by Crippen LogP contribution is -2.70. The summed E-state index contributed by atoms with van der Waals surface area (Å²) in [5, 5.41) is 13.0. The number of Topliss-reactive ketones (excluding diaryl/α,β-unsaturated/α-hetero) is 1. The molecule has 2 N–H and O–H groups in total. The number of aliphatic carboxylic acids is 1. The SMILES string of the molecule is Cn1cc(C(=O)Nc2cc(F)c(CC(=O)C(OC3CCC(C(=O)O)CC3)(N3CCCC3)N3CCS(=O)(=O)CC3)cc2Cl)c2ccccc21. The van der Waals surface area contributed by atoms with Crippen molar-refractivity contribution in [2.75, 3.05) is 43.0 Å². The van der Waals surface area contributed by atoms with Crippen molar-refractivity contribution in [3.8, 4) is 0 Å². The molecule has 3 heterocycles. The minimum atomic E-state index is -3.30. The lowest BCUT2D eigenvalue weighted by atomic mass is 9.87. The number of anilines is 1. The summed E-state index contributed by atoms with van der Waals surface area (Å²) in [6.45, 7) is 1.19. The van der Waals surface area contributed by atoms with Crippen molar-refractivity contribution in [2.45, 2.75) is 56.9 Å². The molecule has 2 aliphatic heterocycles. The first-order chi connectivity index (χ1) is 22.9. The van der Waals surface area contributed by atoms with E-state index in [0.29, 0.717) is 44.3 Å². The predicted molar refractivity (Wildman–Crippen MR) is 179 cm³/mol. The van der Waals surface area contributed by atoms with E-state index in [2.05, 4.69) is 5.32 Å². The Balaban J connectivity index is 1.28. The third-order valence-corrected chi connectivity index (χ3v) is 11.8. The number of hydrogen-bond donors (Lipinski definition) is 2. The molecule has 0 radical (unpaired) electrons. The van der Waals surface area contributed by atoms with Gasteiger partial charge in [0.05, 0.1) is 39.8 Å². The molecule has 0 bridgehead atoms. The standard InChI is InChI=1S/C34H40ClFN4O7S/c1-38-21-26(25-6-2-3-7-30(25)38)32(42)37-29-20-28(36)23(18-27(29)35)19-31(41)34(39-12-4-5-13-39,40-14-16-48(45,46)17-15-40)47-24-10-8-22(9-11-24)33(43)44/h2-3,6-7,18,20-22,24H,4-5,8-17,19H2,1H3,(H,37,42)(H,43,44). The normalized spacial score (nSPS) is 23.1. The van der Waals surface area contributed by atoms with E-state index in [1.165, 1.54) is 6.07 Å². The highest BCUT2D eigenvalue weighted by Crippen LogP contribution is 2.37. The van der Waals surface area contributed by atoms with Gasteiger partial charge in [0.25, 0.3) is 5.91 Å². The summed E-state index contributed by atoms with van der Waals surface area (Å²) in [5.41, 5.74) is 1.33. The molecular formula is C34H40ClFN4O7S. The van der Waals surface area contributed by atoms with Gasteiger partial charge in [-0.25, -0.2) is 12.8 Å². The number of ketones is 1. The van der Waals surface area contributed by atoms with E-state index in [9.17, 15) is 27.9 Å². The molecule has 1 atom stereocenters. The van der Waals surface area contributed by atoms with Crippen molar-refractivity contribution in [1.82, 2.24) is 14.4 Å². The zero-order valence-electron chi connectivity index (χ0n) is 26.8. The molecule has 14 heteroatoms. The number of likely N-dealkylation sites (tertiary alicyclic amines) is 1. The monoisotopic (exact) mass is 702 g/mol. The Kier molecular flexibility index (Phi) is 9.97. The fourth-order valence-corrected chi connectivity index (χ4v) is 8.72. The fourth-order valence-electron chi connectivity index (χ4n) is 7.28. The van der Waals surface area contributed by atoms with Gasteiger partial charge in [0.1, 0.15) is 5.82 Å². The number of carboxylic acids is 1. The highest BCUT2D eigenvalue weighted by Gasteiger charge is 2.53. The number of nitrogens with zero attached hydrogens (tertiary/aromatic N) is 3. The first-order valence-corrected chi connectivity index (χ1v) is 18.6. The Morgan fingerprint density at radius 2 is 1.67 bits per heavy atom. The van der Waals surface area contributed by atoms with Gasteiger partial charge in [-0.1, -0.05) is 29.8 Å². The average Bonchev–Trinajstić information content (AvgIpc) is 3.72. The fraction of sp³-hybridized carbons (Fsp3) is 0.500. The number of sulfone groups is 1. The third kappa shape index (κ3) is 6.88. The largest absolute Gasteiger partial charge is 0.481 e. The number of aryl methyl sites for hydroxylation is 1. The number of carbonyl (C=O) groups is 3. The quantitative estimate of drug-likeness (QED) is 0.313. The molecule has 6 rings (SSSR count). The van der Waals surface area contributed by atoms with Crippen LogP contribution in [-0.4, -0.2) is 95.2 Å². The lowest BCUT2D eigenvalue weighted by Gasteiger charge is -2.50. The van der Waals surface area contributed by atoms with E-state index in [4.69, 9.17) is 16.3 Å². The molecule has 3 aromatic rings. The predicted octanol–water partition coefficient (Wildman–Crippen LogP) is 4.47. The van der Waals surface area contributed by atoms with Crippen LogP contribution in [0.2, 0.25) is 5.02 Å². The van der Waals surface area contributed by atoms with Gasteiger partial charge in [-0.3, -0.25) is 24.2 Å². The van der Waals surface area contributed by atoms with Crippen LogP contribution in [0.1, 0.15) is 54.4 Å². The van der Waals surface area contributed by atoms with Crippen LogP contribution in [0, 0.1) is 11.7 Å². The number of hydrogen-bond acceptors (Lipinski definition) is 8. The van der Waals surface area contributed by atoms with Crippen molar-refractivity contribution in [3.63, 3.8) is 0 Å². The minimum absolute atomic E-state index is 0.0135. The zero-order valence-corrected chi connectivity index (χ0v) is 28.4. The maximum absolute atomic E-state index is 15.8. The Hall–Kier alpha value is -3.36. The lowest BCUT2D eigenvalue weighted by molar-refractivity contribution is -0.255. The number of nitrogens with one attached hydrogen (secondary N) is 1. The summed E-state index contributed by atoms with van der Waals surface area (Å²) in [6, 6.07) is 9.85. The van der Waals surface area contributed by atoms with Crippen molar-refractivity contribution < 1.29 is 37.0 Å². The van der Waals surface area contributed by atoms with E-state index in [0.717, 1.165) is 29.8 Å². The first-order valence-electron chi connectivity index (χ1n) is 16.4. The van der Waals surface area contributed by atoms with Gasteiger partial charge in [0, 0.05) is 56.7 Å². The first kappa shape index (κ1) is 34.5. The second-order valence-corrected chi connectivity index (χ2v) is 15.7. The number of aromatic nitrogens is 1. The second-order valence-electron chi connectivity index (χ2n) is 13.0. The molecule has 1 aromatic heterocycles. The van der Waals surface area contributed by atoms with Crippen LogP contribution in [0.3, 0.4) is 0 Å². The second kappa shape index (κ2) is 13.9. The van der Waals surface area contributed by atoms with E-state index in [-0.39, 0.29) is 40.9 Å². The molecule has 11 nitrogen and oxygen atoms in total. The number of fused-ring (bicyclic) bond motifs is 1. The van der Waals surface area contributed by atoms with E-state index in [1.54, 1.807) is 11.1 Å². The number of carboxylic acid groups (broad SMARTS) is 1. The number of amides is 1. The Morgan fingerprint density at radius 3 is 2.33 bits per heavy atom. The van der Waals surface area contributed by atoms with Gasteiger partial charge in [0.2, 0.25) is 5.85 Å². The third-order valence-electron chi connectivity index (χ3n) is 9.90. The van der Waals surface area contributed by atoms with Crippen LogP contribution in [0.5, 0.6) is 0 Å². The van der Waals surface area contributed by atoms with Gasteiger partial charge in [-0.05, 0) is 62.3 Å².